The first-order valence-corrected chi connectivity index (χ1v) is 7.21. The van der Waals surface area contributed by atoms with Gasteiger partial charge in [0.1, 0.15) is 0 Å². The molecule has 8 heteroatoms. The van der Waals surface area contributed by atoms with Gasteiger partial charge in [-0.3, -0.25) is 14.6 Å². The summed E-state index contributed by atoms with van der Waals surface area (Å²) < 4.78 is 0. The standard InChI is InChI=1S/C13H14N4O3S/c1-8(9-5-3-2-4-6-9)14-10(18)7-21-12-11(19)15-13(20)17-16-12/h2-6,8H,7H2,1H3,(H,14,18)(H2,15,17,19,20). The van der Waals surface area contributed by atoms with E-state index in [4.69, 9.17) is 0 Å². The summed E-state index contributed by atoms with van der Waals surface area (Å²) in [5.74, 6) is -0.178. The van der Waals surface area contributed by atoms with E-state index >= 15 is 0 Å². The third-order valence-corrected chi connectivity index (χ3v) is 3.65. The Morgan fingerprint density at radius 2 is 2.05 bits per heavy atom. The van der Waals surface area contributed by atoms with Gasteiger partial charge in [0.05, 0.1) is 11.8 Å². The van der Waals surface area contributed by atoms with Crippen LogP contribution in [0.3, 0.4) is 0 Å². The number of hydrogen-bond acceptors (Lipinski definition) is 5. The molecule has 0 fully saturated rings. The number of rotatable bonds is 5. The lowest BCUT2D eigenvalue weighted by atomic mass is 10.1. The van der Waals surface area contributed by atoms with Gasteiger partial charge in [-0.25, -0.2) is 9.89 Å². The van der Waals surface area contributed by atoms with Crippen molar-refractivity contribution in [2.75, 3.05) is 5.75 Å². The van der Waals surface area contributed by atoms with Crippen molar-refractivity contribution >= 4 is 17.7 Å². The molecular weight excluding hydrogens is 292 g/mol. The Labute approximate surface area is 124 Å². The lowest BCUT2D eigenvalue weighted by Crippen LogP contribution is -2.29. The van der Waals surface area contributed by atoms with Crippen LogP contribution in [0.1, 0.15) is 18.5 Å². The number of benzene rings is 1. The van der Waals surface area contributed by atoms with E-state index in [1.807, 2.05) is 42.2 Å². The van der Waals surface area contributed by atoms with Gasteiger partial charge in [-0.2, -0.15) is 5.10 Å². The first-order valence-electron chi connectivity index (χ1n) is 6.22. The van der Waals surface area contributed by atoms with Crippen LogP contribution in [-0.2, 0) is 4.79 Å². The maximum absolute atomic E-state index is 11.8. The van der Waals surface area contributed by atoms with Gasteiger partial charge in [-0.15, -0.1) is 0 Å². The largest absolute Gasteiger partial charge is 0.349 e. The molecule has 0 bridgehead atoms. The maximum atomic E-state index is 11.8. The van der Waals surface area contributed by atoms with Crippen LogP contribution in [0.5, 0.6) is 0 Å². The monoisotopic (exact) mass is 306 g/mol. The van der Waals surface area contributed by atoms with Gasteiger partial charge >= 0.3 is 5.69 Å². The van der Waals surface area contributed by atoms with Crippen molar-refractivity contribution in [3.05, 3.63) is 56.7 Å². The molecule has 0 saturated heterocycles. The van der Waals surface area contributed by atoms with Crippen LogP contribution in [0.15, 0.2) is 44.9 Å². The number of H-pyrrole nitrogens is 2. The van der Waals surface area contributed by atoms with Gasteiger partial charge in [0.15, 0.2) is 5.03 Å². The number of nitrogens with one attached hydrogen (secondary N) is 3. The molecule has 1 atom stereocenters. The summed E-state index contributed by atoms with van der Waals surface area (Å²) in [4.78, 5) is 36.1. The van der Waals surface area contributed by atoms with Crippen LogP contribution in [0.25, 0.3) is 0 Å². The Kier molecular flexibility index (Phi) is 4.94. The molecule has 0 aliphatic rings. The van der Waals surface area contributed by atoms with Crippen molar-refractivity contribution in [2.24, 2.45) is 0 Å². The summed E-state index contributed by atoms with van der Waals surface area (Å²) in [5.41, 5.74) is -0.282. The van der Waals surface area contributed by atoms with Crippen LogP contribution in [0.4, 0.5) is 0 Å². The quantitative estimate of drug-likeness (QED) is 0.694. The van der Waals surface area contributed by atoms with Crippen molar-refractivity contribution in [3.63, 3.8) is 0 Å². The second kappa shape index (κ2) is 6.89. The van der Waals surface area contributed by atoms with Gasteiger partial charge in [-0.1, -0.05) is 42.1 Å². The Morgan fingerprint density at radius 1 is 1.33 bits per heavy atom. The molecule has 0 aliphatic carbocycles. The molecule has 2 rings (SSSR count). The van der Waals surface area contributed by atoms with Gasteiger partial charge in [0, 0.05) is 0 Å². The highest BCUT2D eigenvalue weighted by molar-refractivity contribution is 7.99. The van der Waals surface area contributed by atoms with E-state index < -0.39 is 11.2 Å². The first kappa shape index (κ1) is 15.0. The SMILES string of the molecule is CC(NC(=O)CSc1n[nH]c(=O)[nH]c1=O)c1ccccc1. The van der Waals surface area contributed by atoms with Crippen LogP contribution in [0, 0.1) is 0 Å². The van der Waals surface area contributed by atoms with Crippen molar-refractivity contribution in [1.82, 2.24) is 20.5 Å². The topological polar surface area (TPSA) is 108 Å². The Hall–Kier alpha value is -2.35. The summed E-state index contributed by atoms with van der Waals surface area (Å²) in [6.45, 7) is 1.88. The molecule has 1 unspecified atom stereocenters. The maximum Gasteiger partial charge on any atom is 0.342 e. The second-order valence-electron chi connectivity index (χ2n) is 4.30. The summed E-state index contributed by atoms with van der Waals surface area (Å²) in [6.07, 6.45) is 0. The highest BCUT2D eigenvalue weighted by atomic mass is 32.2. The van der Waals surface area contributed by atoms with Crippen LogP contribution in [-0.4, -0.2) is 26.8 Å². The number of carbonyl (C=O) groups excluding carboxylic acids is 1. The van der Waals surface area contributed by atoms with Gasteiger partial charge in [0.25, 0.3) is 5.56 Å². The van der Waals surface area contributed by atoms with E-state index in [1.165, 1.54) is 0 Å². The van der Waals surface area contributed by atoms with Gasteiger partial charge < -0.3 is 5.32 Å². The molecular formula is C13H14N4O3S. The molecule has 1 heterocycles. The minimum atomic E-state index is -0.675. The van der Waals surface area contributed by atoms with E-state index in [-0.39, 0.29) is 22.7 Å². The van der Waals surface area contributed by atoms with Crippen LogP contribution in [0.2, 0.25) is 0 Å². The van der Waals surface area contributed by atoms with Crippen molar-refractivity contribution in [2.45, 2.75) is 18.0 Å². The molecule has 0 spiro atoms. The average molecular weight is 306 g/mol. The third kappa shape index (κ3) is 4.32. The lowest BCUT2D eigenvalue weighted by Gasteiger charge is -2.13. The summed E-state index contributed by atoms with van der Waals surface area (Å²) in [6, 6.07) is 9.43. The highest BCUT2D eigenvalue weighted by Crippen LogP contribution is 2.12. The lowest BCUT2D eigenvalue weighted by molar-refractivity contribution is -0.119. The highest BCUT2D eigenvalue weighted by Gasteiger charge is 2.11. The van der Waals surface area contributed by atoms with E-state index in [2.05, 4.69) is 15.5 Å². The van der Waals surface area contributed by atoms with Crippen LogP contribution >= 0.6 is 11.8 Å². The molecule has 2 aromatic rings. The van der Waals surface area contributed by atoms with Crippen molar-refractivity contribution < 1.29 is 4.79 Å². The normalized spacial score (nSPS) is 11.9. The number of aromatic amines is 2. The predicted molar refractivity (Wildman–Crippen MR) is 79.2 cm³/mol. The first-order chi connectivity index (χ1) is 10.1. The predicted octanol–water partition coefficient (Wildman–Crippen LogP) is 0.428. The molecule has 3 N–H and O–H groups in total. The van der Waals surface area contributed by atoms with Crippen LogP contribution < -0.4 is 16.6 Å². The number of carbonyl (C=O) groups is 1. The molecule has 0 radical (unpaired) electrons. The number of nitrogens with zero attached hydrogens (tertiary/aromatic N) is 1. The second-order valence-corrected chi connectivity index (χ2v) is 5.26. The summed E-state index contributed by atoms with van der Waals surface area (Å²) in [7, 11) is 0. The number of amides is 1. The van der Waals surface area contributed by atoms with E-state index in [0.29, 0.717) is 0 Å². The molecule has 1 aromatic carbocycles. The molecule has 1 amide bonds. The fraction of sp³-hybridized carbons (Fsp3) is 0.231. The van der Waals surface area contributed by atoms with E-state index in [0.717, 1.165) is 17.3 Å². The molecule has 1 aromatic heterocycles. The molecule has 110 valence electrons. The number of hydrogen-bond donors (Lipinski definition) is 3. The van der Waals surface area contributed by atoms with Crippen molar-refractivity contribution in [1.29, 1.82) is 0 Å². The third-order valence-electron chi connectivity index (χ3n) is 2.70. The molecule has 0 aliphatic heterocycles. The van der Waals surface area contributed by atoms with Gasteiger partial charge in [0.2, 0.25) is 5.91 Å². The zero-order chi connectivity index (χ0) is 15.2. The van der Waals surface area contributed by atoms with Gasteiger partial charge in [-0.05, 0) is 12.5 Å². The molecule has 7 nitrogen and oxygen atoms in total. The average Bonchev–Trinajstić information content (AvgIpc) is 2.47. The molecule has 21 heavy (non-hydrogen) atoms. The Morgan fingerprint density at radius 3 is 2.71 bits per heavy atom. The minimum absolute atomic E-state index is 0.0410. The fourth-order valence-electron chi connectivity index (χ4n) is 1.68. The van der Waals surface area contributed by atoms with E-state index in [9.17, 15) is 14.4 Å². The number of thioether (sulfide) groups is 1. The molecule has 0 saturated carbocycles. The van der Waals surface area contributed by atoms with Crippen molar-refractivity contribution in [3.8, 4) is 0 Å². The van der Waals surface area contributed by atoms with E-state index in [1.54, 1.807) is 0 Å². The number of aromatic nitrogens is 3. The fourth-order valence-corrected chi connectivity index (χ4v) is 2.32. The zero-order valence-electron chi connectivity index (χ0n) is 11.3. The summed E-state index contributed by atoms with van der Waals surface area (Å²) in [5, 5.41) is 8.58. The smallest absolute Gasteiger partial charge is 0.342 e. The Balaban J connectivity index is 1.90. The Bertz CT molecular complexity index is 726. The zero-order valence-corrected chi connectivity index (χ0v) is 12.1. The summed E-state index contributed by atoms with van der Waals surface area (Å²) >= 11 is 0.964. The minimum Gasteiger partial charge on any atom is -0.349 e.